The largest absolute Gasteiger partial charge is 0.233 e. The minimum absolute atomic E-state index is 0.621. The Morgan fingerprint density at radius 1 is 1.23 bits per heavy atom. The van der Waals surface area contributed by atoms with E-state index >= 15 is 0 Å². The molecule has 1 heterocycles. The molecule has 0 radical (unpaired) electrons. The number of aromatic nitrogens is 3. The Labute approximate surface area is 76.5 Å². The third-order valence-corrected chi connectivity index (χ3v) is 1.59. The van der Waals surface area contributed by atoms with Gasteiger partial charge in [0, 0.05) is 5.56 Å². The van der Waals surface area contributed by atoms with E-state index in [0.29, 0.717) is 5.82 Å². The van der Waals surface area contributed by atoms with Gasteiger partial charge < -0.3 is 0 Å². The van der Waals surface area contributed by atoms with E-state index in [9.17, 15) is 0 Å². The summed E-state index contributed by atoms with van der Waals surface area (Å²) >= 11 is 0. The maximum Gasteiger partial charge on any atom is 0.182 e. The van der Waals surface area contributed by atoms with Crippen LogP contribution in [0.25, 0.3) is 11.4 Å². The Bertz CT molecular complexity index is 381. The maximum absolute atomic E-state index is 4.14. The monoisotopic (exact) mass is 169 g/mol. The average molecular weight is 169 g/mol. The van der Waals surface area contributed by atoms with Crippen LogP contribution in [0.4, 0.5) is 0 Å². The first-order valence-electron chi connectivity index (χ1n) is 3.91. The summed E-state index contributed by atoms with van der Waals surface area (Å²) in [4.78, 5) is 4.14. The molecule has 0 atom stereocenters. The molecule has 0 unspecified atom stereocenters. The van der Waals surface area contributed by atoms with E-state index < -0.39 is 0 Å². The first-order chi connectivity index (χ1) is 6.36. The zero-order chi connectivity index (χ0) is 9.10. The normalized spacial score (nSPS) is 9.31. The summed E-state index contributed by atoms with van der Waals surface area (Å²) in [6.45, 7) is 1.86. The van der Waals surface area contributed by atoms with E-state index in [-0.39, 0.29) is 0 Å². The van der Waals surface area contributed by atoms with Gasteiger partial charge in [0.1, 0.15) is 0 Å². The molecule has 0 spiro atoms. The fourth-order valence-electron chi connectivity index (χ4n) is 0.951. The molecule has 0 fully saturated rings. The molecule has 2 rings (SSSR count). The topological polar surface area (TPSA) is 38.7 Å². The Kier molecular flexibility index (Phi) is 1.89. The fraction of sp³-hybridized carbons (Fsp3) is 0.100. The maximum atomic E-state index is 4.14. The van der Waals surface area contributed by atoms with Gasteiger partial charge in [-0.25, -0.2) is 4.98 Å². The Morgan fingerprint density at radius 2 is 2.15 bits per heavy atom. The molecule has 3 nitrogen and oxygen atoms in total. The molecule has 1 aromatic carbocycles. The summed E-state index contributed by atoms with van der Waals surface area (Å²) in [5.41, 5.74) is 1.72. The van der Waals surface area contributed by atoms with Crippen LogP contribution >= 0.6 is 0 Å². The molecule has 13 heavy (non-hydrogen) atoms. The second-order valence-corrected chi connectivity index (χ2v) is 2.64. The lowest BCUT2D eigenvalue weighted by molar-refractivity contribution is 0.935. The first-order valence-corrected chi connectivity index (χ1v) is 3.91. The van der Waals surface area contributed by atoms with E-state index in [1.807, 2.05) is 13.0 Å². The van der Waals surface area contributed by atoms with Crippen LogP contribution < -0.4 is 0 Å². The highest BCUT2D eigenvalue weighted by Crippen LogP contribution is 2.09. The molecule has 0 saturated carbocycles. The Morgan fingerprint density at radius 3 is 2.77 bits per heavy atom. The number of aryl methyl sites for hydroxylation is 1. The van der Waals surface area contributed by atoms with Gasteiger partial charge in [-0.05, 0) is 25.1 Å². The van der Waals surface area contributed by atoms with Crippen LogP contribution in [0.5, 0.6) is 0 Å². The van der Waals surface area contributed by atoms with Gasteiger partial charge in [-0.2, -0.15) is 5.10 Å². The third kappa shape index (κ3) is 1.62. The number of hydrogen-bond donors (Lipinski definition) is 0. The molecule has 2 aromatic rings. The van der Waals surface area contributed by atoms with Crippen molar-refractivity contribution in [3.63, 3.8) is 0 Å². The smallest absolute Gasteiger partial charge is 0.182 e. The summed E-state index contributed by atoms with van der Waals surface area (Å²) in [5, 5.41) is 7.87. The summed E-state index contributed by atoms with van der Waals surface area (Å²) in [7, 11) is 0. The van der Waals surface area contributed by atoms with E-state index in [1.165, 1.54) is 0 Å². The van der Waals surface area contributed by atoms with Gasteiger partial charge in [0.05, 0.1) is 11.9 Å². The molecular weight excluding hydrogens is 162 g/mol. The molecule has 0 aliphatic carbocycles. The molecule has 1 aromatic heterocycles. The average Bonchev–Trinajstić information content (AvgIpc) is 2.20. The van der Waals surface area contributed by atoms with E-state index in [2.05, 4.69) is 27.3 Å². The van der Waals surface area contributed by atoms with Crippen molar-refractivity contribution in [1.29, 1.82) is 0 Å². The molecular formula is C10H7N3. The Hall–Kier alpha value is -1.95. The van der Waals surface area contributed by atoms with Crippen molar-refractivity contribution in [2.75, 3.05) is 0 Å². The lowest BCUT2D eigenvalue weighted by atomic mass is 10.2. The van der Waals surface area contributed by atoms with Crippen LogP contribution in [0.1, 0.15) is 5.69 Å². The van der Waals surface area contributed by atoms with Crippen LogP contribution in [0, 0.1) is 19.1 Å². The molecule has 0 aliphatic rings. The van der Waals surface area contributed by atoms with Gasteiger partial charge in [0.25, 0.3) is 0 Å². The van der Waals surface area contributed by atoms with Gasteiger partial charge in [0.15, 0.2) is 5.82 Å². The molecule has 0 N–H and O–H groups in total. The molecule has 0 amide bonds. The minimum Gasteiger partial charge on any atom is -0.233 e. The summed E-state index contributed by atoms with van der Waals surface area (Å²) < 4.78 is 0. The molecule has 3 heteroatoms. The SMILES string of the molecule is Cc1cnc(-c2cc#ccc2)nn1. The minimum atomic E-state index is 0.621. The number of nitrogens with zero attached hydrogens (tertiary/aromatic N) is 3. The molecule has 0 saturated heterocycles. The number of rotatable bonds is 1. The zero-order valence-electron chi connectivity index (χ0n) is 7.15. The highest BCUT2D eigenvalue weighted by atomic mass is 15.1. The van der Waals surface area contributed by atoms with Crippen LogP contribution in [-0.4, -0.2) is 15.2 Å². The van der Waals surface area contributed by atoms with Crippen molar-refractivity contribution in [3.05, 3.63) is 42.2 Å². The van der Waals surface area contributed by atoms with E-state index in [0.717, 1.165) is 11.3 Å². The highest BCUT2D eigenvalue weighted by molar-refractivity contribution is 5.52. The summed E-state index contributed by atoms with van der Waals surface area (Å²) in [5.74, 6) is 0.621. The fourth-order valence-corrected chi connectivity index (χ4v) is 0.951. The van der Waals surface area contributed by atoms with E-state index in [1.54, 1.807) is 18.3 Å². The standard InChI is InChI=1S/C10H7N3/c1-8-7-11-10(13-12-8)9-5-3-2-4-6-9/h3,5-7H,1H3. The zero-order valence-corrected chi connectivity index (χ0v) is 7.15. The predicted octanol–water partition coefficient (Wildman–Crippen LogP) is 1.45. The summed E-state index contributed by atoms with van der Waals surface area (Å²) in [6.07, 6.45) is 1.69. The lowest BCUT2D eigenvalue weighted by Gasteiger charge is -1.95. The van der Waals surface area contributed by atoms with Gasteiger partial charge in [-0.3, -0.25) is 0 Å². The number of hydrogen-bond acceptors (Lipinski definition) is 3. The molecule has 62 valence electrons. The third-order valence-electron chi connectivity index (χ3n) is 1.59. The van der Waals surface area contributed by atoms with Crippen molar-refractivity contribution >= 4 is 0 Å². The Balaban J connectivity index is 2.42. The van der Waals surface area contributed by atoms with Crippen molar-refractivity contribution in [2.24, 2.45) is 0 Å². The lowest BCUT2D eigenvalue weighted by Crippen LogP contribution is -1.93. The predicted molar refractivity (Wildman–Crippen MR) is 47.7 cm³/mol. The highest BCUT2D eigenvalue weighted by Gasteiger charge is 1.98. The second-order valence-electron chi connectivity index (χ2n) is 2.64. The van der Waals surface area contributed by atoms with Gasteiger partial charge in [0.2, 0.25) is 0 Å². The molecule has 0 aliphatic heterocycles. The summed E-state index contributed by atoms with van der Waals surface area (Å²) in [6, 6.07) is 11.1. The van der Waals surface area contributed by atoms with Crippen molar-refractivity contribution < 1.29 is 0 Å². The van der Waals surface area contributed by atoms with Crippen molar-refractivity contribution in [2.45, 2.75) is 6.92 Å². The van der Waals surface area contributed by atoms with Gasteiger partial charge in [-0.15, -0.1) is 5.10 Å². The van der Waals surface area contributed by atoms with Crippen LogP contribution in [0.3, 0.4) is 0 Å². The van der Waals surface area contributed by atoms with Crippen LogP contribution in [0.2, 0.25) is 0 Å². The second kappa shape index (κ2) is 3.20. The van der Waals surface area contributed by atoms with Crippen molar-refractivity contribution in [3.8, 4) is 11.4 Å². The quantitative estimate of drug-likeness (QED) is 0.648. The van der Waals surface area contributed by atoms with Crippen molar-refractivity contribution in [1.82, 2.24) is 15.2 Å². The van der Waals surface area contributed by atoms with Gasteiger partial charge >= 0.3 is 0 Å². The first kappa shape index (κ1) is 7.69. The van der Waals surface area contributed by atoms with Crippen LogP contribution in [0.15, 0.2) is 24.4 Å². The van der Waals surface area contributed by atoms with Crippen LogP contribution in [-0.2, 0) is 0 Å². The van der Waals surface area contributed by atoms with Gasteiger partial charge in [-0.1, -0.05) is 12.1 Å². The molecule has 0 bridgehead atoms. The van der Waals surface area contributed by atoms with E-state index in [4.69, 9.17) is 0 Å².